The lowest BCUT2D eigenvalue weighted by atomic mass is 9.91. The Morgan fingerprint density at radius 3 is 1.80 bits per heavy atom. The highest BCUT2D eigenvalue weighted by Crippen LogP contribution is 2.32. The molecule has 0 atom stereocenters. The van der Waals surface area contributed by atoms with E-state index >= 15 is 4.39 Å². The Morgan fingerprint density at radius 2 is 1.22 bits per heavy atom. The van der Waals surface area contributed by atoms with Crippen LogP contribution in [0.3, 0.4) is 0 Å². The van der Waals surface area contributed by atoms with E-state index in [1.807, 2.05) is 0 Å². The number of carbonyl (C=O) groups is 4. The molecule has 13 heteroatoms. The lowest BCUT2D eigenvalue weighted by molar-refractivity contribution is -0.162. The second-order valence-electron chi connectivity index (χ2n) is 13.2. The molecule has 0 saturated carbocycles. The van der Waals surface area contributed by atoms with Gasteiger partial charge in [-0.2, -0.15) is 10.5 Å². The minimum Gasteiger partial charge on any atom is -0.492 e. The van der Waals surface area contributed by atoms with Crippen LogP contribution < -0.4 is 9.47 Å². The van der Waals surface area contributed by atoms with Gasteiger partial charge in [0.15, 0.2) is 11.6 Å². The highest BCUT2D eigenvalue weighted by molar-refractivity contribution is 5.87. The summed E-state index contributed by atoms with van der Waals surface area (Å²) in [5.41, 5.74) is 0.686. The average Bonchev–Trinajstić information content (AvgIpc) is 3.16. The topological polar surface area (TPSA) is 171 Å². The minimum atomic E-state index is -1.50. The summed E-state index contributed by atoms with van der Waals surface area (Å²) in [7, 11) is 0. The molecule has 0 aliphatic carbocycles. The second kappa shape index (κ2) is 24.6. The van der Waals surface area contributed by atoms with Crippen molar-refractivity contribution in [2.24, 2.45) is 5.41 Å². The Kier molecular flexibility index (Phi) is 20.3. The van der Waals surface area contributed by atoms with E-state index in [-0.39, 0.29) is 30.1 Å². The van der Waals surface area contributed by atoms with Gasteiger partial charge in [0, 0.05) is 11.1 Å². The van der Waals surface area contributed by atoms with E-state index in [2.05, 4.69) is 20.1 Å². The summed E-state index contributed by atoms with van der Waals surface area (Å²) in [5.74, 6) is -3.07. The lowest BCUT2D eigenvalue weighted by Crippen LogP contribution is -2.44. The van der Waals surface area contributed by atoms with Gasteiger partial charge in [0.25, 0.3) is 0 Å². The number of esters is 4. The van der Waals surface area contributed by atoms with Crippen LogP contribution in [-0.2, 0) is 44.5 Å². The first kappa shape index (κ1) is 45.5. The van der Waals surface area contributed by atoms with E-state index in [1.54, 1.807) is 42.5 Å². The quantitative estimate of drug-likeness (QED) is 0.0397. The molecule has 0 heterocycles. The van der Waals surface area contributed by atoms with E-state index in [0.717, 1.165) is 19.3 Å². The number of hydrogen-bond acceptors (Lipinski definition) is 12. The van der Waals surface area contributed by atoms with Gasteiger partial charge in [-0.25, -0.2) is 14.0 Å². The number of hydrogen-bond donors (Lipinski definition) is 0. The number of halogens is 1. The average molecular weight is 763 g/mol. The van der Waals surface area contributed by atoms with E-state index < -0.39 is 67.8 Å². The number of benzene rings is 2. The predicted molar refractivity (Wildman–Crippen MR) is 201 cm³/mol. The molecule has 2 aromatic rings. The van der Waals surface area contributed by atoms with Crippen LogP contribution in [0.2, 0.25) is 0 Å². The number of unbranched alkanes of at least 4 members (excludes halogenated alkanes) is 5. The molecular weight excluding hydrogens is 711 g/mol. The van der Waals surface area contributed by atoms with Crippen molar-refractivity contribution in [1.29, 1.82) is 10.5 Å². The van der Waals surface area contributed by atoms with Crippen molar-refractivity contribution < 1.29 is 52.0 Å². The van der Waals surface area contributed by atoms with E-state index in [9.17, 15) is 19.2 Å². The molecule has 0 aliphatic heterocycles. The Bertz CT molecular complexity index is 1690. The molecule has 0 amide bonds. The van der Waals surface area contributed by atoms with Gasteiger partial charge in [0.1, 0.15) is 50.4 Å². The van der Waals surface area contributed by atoms with Crippen LogP contribution in [-0.4, -0.2) is 63.5 Å². The summed E-state index contributed by atoms with van der Waals surface area (Å²) in [6.45, 7) is 11.0. The van der Waals surface area contributed by atoms with E-state index in [0.29, 0.717) is 41.9 Å². The molecule has 0 N–H and O–H groups in total. The van der Waals surface area contributed by atoms with Crippen LogP contribution >= 0.6 is 0 Å². The Balaban J connectivity index is 2.42. The maximum Gasteiger partial charge on any atom is 0.333 e. The summed E-state index contributed by atoms with van der Waals surface area (Å²) in [4.78, 5) is 48.9. The SMILES string of the molecule is C=C(C)C(=O)OCCCc1cc(-c2ccc(OCCCCCCCC)c(F)c2)ccc1OCC(COC(=O)CC#N)(COC(=O)CC#N)COC(=O)C(=C)C. The van der Waals surface area contributed by atoms with Gasteiger partial charge in [-0.1, -0.05) is 64.3 Å². The van der Waals surface area contributed by atoms with Crippen LogP contribution in [0.25, 0.3) is 11.1 Å². The first-order valence-corrected chi connectivity index (χ1v) is 18.2. The summed E-state index contributed by atoms with van der Waals surface area (Å²) in [6, 6.07) is 13.3. The van der Waals surface area contributed by atoms with E-state index in [4.69, 9.17) is 38.9 Å². The highest BCUT2D eigenvalue weighted by atomic mass is 19.1. The van der Waals surface area contributed by atoms with Gasteiger partial charge >= 0.3 is 23.9 Å². The standard InChI is InChI=1S/C42H51FN2O10/c1-6-7-8-9-10-11-22-50-37-17-15-33(25-35(37)43)32-14-16-36(34(24-32)13-12-23-51-40(48)30(2)3)52-26-42(27-53-38(46)18-20-44,28-54-39(47)19-21-45)29-55-41(49)31(4)5/h14-17,24-25H,2,4,6-13,18-19,22-23,26-29H2,1,3,5H3. The zero-order chi connectivity index (χ0) is 40.6. The summed E-state index contributed by atoms with van der Waals surface area (Å²) < 4.78 is 48.5. The zero-order valence-corrected chi connectivity index (χ0v) is 32.0. The monoisotopic (exact) mass is 762 g/mol. The molecule has 0 saturated heterocycles. The van der Waals surface area contributed by atoms with Gasteiger partial charge < -0.3 is 28.4 Å². The smallest absolute Gasteiger partial charge is 0.333 e. The number of ether oxygens (including phenoxy) is 6. The van der Waals surface area contributed by atoms with Crippen molar-refractivity contribution >= 4 is 23.9 Å². The van der Waals surface area contributed by atoms with Gasteiger partial charge in [0.05, 0.1) is 25.4 Å². The van der Waals surface area contributed by atoms with Gasteiger partial charge in [-0.3, -0.25) is 9.59 Å². The van der Waals surface area contributed by atoms with Crippen LogP contribution in [0.15, 0.2) is 60.7 Å². The van der Waals surface area contributed by atoms with Gasteiger partial charge in [0.2, 0.25) is 0 Å². The highest BCUT2D eigenvalue weighted by Gasteiger charge is 2.38. The molecule has 0 bridgehead atoms. The third-order valence-electron chi connectivity index (χ3n) is 8.17. The fourth-order valence-electron chi connectivity index (χ4n) is 5.03. The fourth-order valence-corrected chi connectivity index (χ4v) is 5.03. The van der Waals surface area contributed by atoms with Crippen LogP contribution in [0.1, 0.15) is 84.1 Å². The van der Waals surface area contributed by atoms with Crippen molar-refractivity contribution in [2.75, 3.05) is 39.6 Å². The maximum atomic E-state index is 15.2. The summed E-state index contributed by atoms with van der Waals surface area (Å²) in [5, 5.41) is 17.9. The fraction of sp³-hybridized carbons (Fsp3) is 0.476. The minimum absolute atomic E-state index is 0.0686. The number of aryl methyl sites for hydroxylation is 1. The largest absolute Gasteiger partial charge is 0.492 e. The Labute approximate surface area is 322 Å². The second-order valence-corrected chi connectivity index (χ2v) is 13.2. The first-order chi connectivity index (χ1) is 26.3. The van der Waals surface area contributed by atoms with Crippen molar-refractivity contribution in [2.45, 2.75) is 85.0 Å². The predicted octanol–water partition coefficient (Wildman–Crippen LogP) is 7.68. The molecule has 2 aromatic carbocycles. The van der Waals surface area contributed by atoms with E-state index in [1.165, 1.54) is 39.2 Å². The van der Waals surface area contributed by atoms with Crippen molar-refractivity contribution in [1.82, 2.24) is 0 Å². The van der Waals surface area contributed by atoms with Crippen molar-refractivity contribution in [3.8, 4) is 34.8 Å². The van der Waals surface area contributed by atoms with Crippen LogP contribution in [0.4, 0.5) is 4.39 Å². The normalized spacial score (nSPS) is 10.7. The molecule has 0 spiro atoms. The molecule has 2 rings (SSSR count). The summed E-state index contributed by atoms with van der Waals surface area (Å²) >= 11 is 0. The third kappa shape index (κ3) is 16.9. The molecule has 0 aliphatic rings. The number of nitrogens with zero attached hydrogens (tertiary/aromatic N) is 2. The molecule has 0 radical (unpaired) electrons. The van der Waals surface area contributed by atoms with Crippen LogP contribution in [0.5, 0.6) is 11.5 Å². The zero-order valence-electron chi connectivity index (χ0n) is 32.0. The molecule has 0 aromatic heterocycles. The van der Waals surface area contributed by atoms with Gasteiger partial charge in [-0.05, 0) is 74.1 Å². The molecule has 0 unspecified atom stereocenters. The maximum absolute atomic E-state index is 15.2. The first-order valence-electron chi connectivity index (χ1n) is 18.2. The molecular formula is C42H51FN2O10. The third-order valence-corrected chi connectivity index (χ3v) is 8.17. The van der Waals surface area contributed by atoms with Crippen LogP contribution in [0, 0.1) is 33.9 Å². The van der Waals surface area contributed by atoms with Gasteiger partial charge in [-0.15, -0.1) is 0 Å². The molecule has 0 fully saturated rings. The lowest BCUT2D eigenvalue weighted by Gasteiger charge is -2.32. The Hall–Kier alpha value is -5.69. The van der Waals surface area contributed by atoms with Crippen molar-refractivity contribution in [3.05, 3.63) is 72.1 Å². The van der Waals surface area contributed by atoms with Crippen molar-refractivity contribution in [3.63, 3.8) is 0 Å². The number of nitriles is 2. The molecule has 55 heavy (non-hydrogen) atoms. The number of carbonyl (C=O) groups excluding carboxylic acids is 4. The molecule has 12 nitrogen and oxygen atoms in total. The molecule has 296 valence electrons. The summed E-state index contributed by atoms with van der Waals surface area (Å²) in [6.07, 6.45) is 6.08. The Morgan fingerprint density at radius 1 is 0.673 bits per heavy atom. The number of rotatable bonds is 26.